The van der Waals surface area contributed by atoms with Gasteiger partial charge in [-0.05, 0) is 54.4 Å². The maximum Gasteiger partial charge on any atom is 0.393 e. The van der Waals surface area contributed by atoms with E-state index < -0.39 is 33.9 Å². The maximum atomic E-state index is 13.0. The molecule has 0 radical (unpaired) electrons. The molecule has 3 rings (SSSR count). The number of alkyl halides is 3. The average molecular weight is 478 g/mol. The number of hydrogen-bond donors (Lipinski definition) is 1. The third-order valence-electron chi connectivity index (χ3n) is 4.90. The molecule has 0 spiro atoms. The van der Waals surface area contributed by atoms with Crippen molar-refractivity contribution in [1.29, 1.82) is 0 Å². The maximum absolute atomic E-state index is 13.0. The molecule has 0 aliphatic carbocycles. The van der Waals surface area contributed by atoms with Crippen molar-refractivity contribution in [3.8, 4) is 5.69 Å². The quantitative estimate of drug-likeness (QED) is 0.587. The second kappa shape index (κ2) is 9.22. The number of nitrogens with one attached hydrogen (secondary N) is 1. The Morgan fingerprint density at radius 2 is 1.67 bits per heavy atom. The van der Waals surface area contributed by atoms with Crippen LogP contribution in [0.5, 0.6) is 0 Å². The van der Waals surface area contributed by atoms with Gasteiger partial charge in [-0.1, -0.05) is 24.3 Å². The number of aryl methyl sites for hydroxylation is 1. The van der Waals surface area contributed by atoms with E-state index >= 15 is 0 Å². The highest BCUT2D eigenvalue weighted by molar-refractivity contribution is 7.90. The standard InChI is InChI=1S/C23H21F3N2O4S/c1-15-6-11-20(21(29)27-14-16-7-9-19(10-8-16)33(2,31)32)22(30)28(15)18-5-3-4-17(12-18)13-23(24,25)26/h3-12H,13-14H2,1-2H3,(H,27,29). The number of hydrogen-bond acceptors (Lipinski definition) is 4. The lowest BCUT2D eigenvalue weighted by Gasteiger charge is -2.14. The van der Waals surface area contributed by atoms with Crippen molar-refractivity contribution in [2.45, 2.75) is 31.0 Å². The Labute approximate surface area is 188 Å². The van der Waals surface area contributed by atoms with Gasteiger partial charge in [-0.2, -0.15) is 13.2 Å². The molecule has 10 heteroatoms. The highest BCUT2D eigenvalue weighted by Gasteiger charge is 2.27. The number of carbonyl (C=O) groups is 1. The van der Waals surface area contributed by atoms with Crippen LogP contribution in [0.3, 0.4) is 0 Å². The van der Waals surface area contributed by atoms with E-state index in [0.29, 0.717) is 11.3 Å². The van der Waals surface area contributed by atoms with E-state index in [1.54, 1.807) is 19.1 Å². The minimum absolute atomic E-state index is 0.00121. The van der Waals surface area contributed by atoms with E-state index in [4.69, 9.17) is 0 Å². The van der Waals surface area contributed by atoms with Crippen LogP contribution in [0.15, 0.2) is 70.4 Å². The fourth-order valence-electron chi connectivity index (χ4n) is 3.29. The molecule has 0 atom stereocenters. The summed E-state index contributed by atoms with van der Waals surface area (Å²) in [4.78, 5) is 25.8. The Morgan fingerprint density at radius 1 is 1.00 bits per heavy atom. The highest BCUT2D eigenvalue weighted by Crippen LogP contribution is 2.22. The minimum atomic E-state index is -4.39. The van der Waals surface area contributed by atoms with Gasteiger partial charge in [-0.3, -0.25) is 14.2 Å². The van der Waals surface area contributed by atoms with Gasteiger partial charge >= 0.3 is 6.18 Å². The molecule has 33 heavy (non-hydrogen) atoms. The largest absolute Gasteiger partial charge is 0.393 e. The topological polar surface area (TPSA) is 85.2 Å². The molecule has 0 bridgehead atoms. The molecule has 0 unspecified atom stereocenters. The van der Waals surface area contributed by atoms with Crippen LogP contribution in [0.1, 0.15) is 27.2 Å². The molecule has 0 aliphatic heterocycles. The summed E-state index contributed by atoms with van der Waals surface area (Å²) in [6.07, 6.45) is -4.43. The van der Waals surface area contributed by atoms with Crippen molar-refractivity contribution in [2.75, 3.05) is 6.26 Å². The van der Waals surface area contributed by atoms with Crippen LogP contribution in [0.4, 0.5) is 13.2 Å². The van der Waals surface area contributed by atoms with Gasteiger partial charge in [-0.15, -0.1) is 0 Å². The van der Waals surface area contributed by atoms with Gasteiger partial charge in [0.05, 0.1) is 11.3 Å². The zero-order valence-corrected chi connectivity index (χ0v) is 18.6. The van der Waals surface area contributed by atoms with E-state index in [0.717, 1.165) is 6.26 Å². The summed E-state index contributed by atoms with van der Waals surface area (Å²) in [6, 6.07) is 14.4. The predicted molar refractivity (Wildman–Crippen MR) is 117 cm³/mol. The zero-order chi connectivity index (χ0) is 24.4. The molecule has 3 aromatic rings. The first-order valence-corrected chi connectivity index (χ1v) is 11.7. The van der Waals surface area contributed by atoms with Crippen molar-refractivity contribution >= 4 is 15.7 Å². The minimum Gasteiger partial charge on any atom is -0.348 e. The third kappa shape index (κ3) is 6.10. The average Bonchev–Trinajstić information content (AvgIpc) is 2.71. The molecule has 2 aromatic carbocycles. The molecular weight excluding hydrogens is 457 g/mol. The first-order chi connectivity index (χ1) is 15.3. The molecule has 174 valence electrons. The molecule has 1 amide bonds. The smallest absolute Gasteiger partial charge is 0.348 e. The van der Waals surface area contributed by atoms with Crippen LogP contribution in [0.25, 0.3) is 5.69 Å². The second-order valence-corrected chi connectivity index (χ2v) is 9.61. The molecule has 0 aliphatic rings. The molecule has 6 nitrogen and oxygen atoms in total. The first-order valence-electron chi connectivity index (χ1n) is 9.81. The summed E-state index contributed by atoms with van der Waals surface area (Å²) < 4.78 is 62.5. The molecule has 1 aromatic heterocycles. The van der Waals surface area contributed by atoms with Crippen LogP contribution < -0.4 is 10.9 Å². The Kier molecular flexibility index (Phi) is 6.78. The normalized spacial score (nSPS) is 11.9. The second-order valence-electron chi connectivity index (χ2n) is 7.59. The summed E-state index contributed by atoms with van der Waals surface area (Å²) in [5.41, 5.74) is 0.475. The summed E-state index contributed by atoms with van der Waals surface area (Å²) in [5, 5.41) is 2.60. The van der Waals surface area contributed by atoms with E-state index in [9.17, 15) is 31.2 Å². The Morgan fingerprint density at radius 3 is 2.27 bits per heavy atom. The van der Waals surface area contributed by atoms with Crippen molar-refractivity contribution in [1.82, 2.24) is 9.88 Å². The van der Waals surface area contributed by atoms with Crippen LogP contribution in [0, 0.1) is 6.92 Å². The van der Waals surface area contributed by atoms with Crippen molar-refractivity contribution in [3.05, 3.63) is 93.4 Å². The number of aromatic nitrogens is 1. The molecular formula is C23H21F3N2O4S. The van der Waals surface area contributed by atoms with Gasteiger partial charge in [0.25, 0.3) is 11.5 Å². The Hall–Kier alpha value is -3.40. The van der Waals surface area contributed by atoms with E-state index in [1.165, 1.54) is 53.1 Å². The fraction of sp³-hybridized carbons (Fsp3) is 0.217. The molecule has 0 fully saturated rings. The number of nitrogens with zero attached hydrogens (tertiary/aromatic N) is 1. The summed E-state index contributed by atoms with van der Waals surface area (Å²) in [7, 11) is -3.34. The predicted octanol–water partition coefficient (Wildman–Crippen LogP) is 3.58. The van der Waals surface area contributed by atoms with Gasteiger partial charge < -0.3 is 5.32 Å². The molecule has 1 N–H and O–H groups in total. The van der Waals surface area contributed by atoms with Crippen LogP contribution in [-0.2, 0) is 22.8 Å². The van der Waals surface area contributed by atoms with Crippen LogP contribution in [0.2, 0.25) is 0 Å². The lowest BCUT2D eigenvalue weighted by Crippen LogP contribution is -2.33. The molecule has 0 saturated carbocycles. The van der Waals surface area contributed by atoms with Crippen molar-refractivity contribution < 1.29 is 26.4 Å². The summed E-state index contributed by atoms with van der Waals surface area (Å²) >= 11 is 0. The number of carbonyl (C=O) groups excluding carboxylic acids is 1. The molecule has 1 heterocycles. The van der Waals surface area contributed by atoms with Gasteiger partial charge in [0, 0.05) is 24.2 Å². The molecule has 0 saturated heterocycles. The number of benzene rings is 2. The van der Waals surface area contributed by atoms with Crippen molar-refractivity contribution in [2.24, 2.45) is 0 Å². The van der Waals surface area contributed by atoms with Gasteiger partial charge in [-0.25, -0.2) is 8.42 Å². The van der Waals surface area contributed by atoms with Gasteiger partial charge in [0.2, 0.25) is 0 Å². The number of halogens is 3. The fourth-order valence-corrected chi connectivity index (χ4v) is 3.92. The monoisotopic (exact) mass is 478 g/mol. The third-order valence-corrected chi connectivity index (χ3v) is 6.03. The van der Waals surface area contributed by atoms with Gasteiger partial charge in [0.1, 0.15) is 5.56 Å². The van der Waals surface area contributed by atoms with E-state index in [2.05, 4.69) is 5.32 Å². The van der Waals surface area contributed by atoms with Crippen LogP contribution >= 0.6 is 0 Å². The number of sulfone groups is 1. The number of amides is 1. The highest BCUT2D eigenvalue weighted by atomic mass is 32.2. The zero-order valence-electron chi connectivity index (χ0n) is 17.8. The van der Waals surface area contributed by atoms with E-state index in [-0.39, 0.29) is 28.3 Å². The van der Waals surface area contributed by atoms with Crippen molar-refractivity contribution in [3.63, 3.8) is 0 Å². The van der Waals surface area contributed by atoms with E-state index in [1.807, 2.05) is 0 Å². The Bertz CT molecular complexity index is 1350. The number of pyridine rings is 1. The van der Waals surface area contributed by atoms with Crippen LogP contribution in [-0.4, -0.2) is 31.3 Å². The SMILES string of the molecule is Cc1ccc(C(=O)NCc2ccc(S(C)(=O)=O)cc2)c(=O)n1-c1cccc(CC(F)(F)F)c1. The summed E-state index contributed by atoms with van der Waals surface area (Å²) in [6.45, 7) is 1.67. The number of rotatable bonds is 6. The Balaban J connectivity index is 1.84. The summed E-state index contributed by atoms with van der Waals surface area (Å²) in [5.74, 6) is -0.660. The lowest BCUT2D eigenvalue weighted by molar-refractivity contribution is -0.127. The lowest BCUT2D eigenvalue weighted by atomic mass is 10.1. The first kappa shape index (κ1) is 24.2. The van der Waals surface area contributed by atoms with Gasteiger partial charge in [0.15, 0.2) is 9.84 Å².